The van der Waals surface area contributed by atoms with E-state index in [-0.39, 0.29) is 0 Å². The Morgan fingerprint density at radius 1 is 1.00 bits per heavy atom. The monoisotopic (exact) mass is 302 g/mol. The van der Waals surface area contributed by atoms with E-state index in [1.807, 2.05) is 24.5 Å². The van der Waals surface area contributed by atoms with Gasteiger partial charge < -0.3 is 0 Å². The molecule has 0 spiro atoms. The molecule has 0 unspecified atom stereocenters. The van der Waals surface area contributed by atoms with Crippen LogP contribution < -0.4 is 0 Å². The maximum Gasteiger partial charge on any atom is 0.160 e. The largest absolute Gasteiger partial charge is 0.293 e. The first-order valence-electron chi connectivity index (χ1n) is 7.90. The van der Waals surface area contributed by atoms with Gasteiger partial charge in [-0.2, -0.15) is 0 Å². The van der Waals surface area contributed by atoms with Crippen molar-refractivity contribution in [1.29, 1.82) is 0 Å². The highest BCUT2D eigenvalue weighted by atomic mass is 15.1. The Balaban J connectivity index is 1.56. The topological polar surface area (TPSA) is 41.9 Å². The molecule has 3 heterocycles. The van der Waals surface area contributed by atoms with Gasteiger partial charge in [0.1, 0.15) is 0 Å². The summed E-state index contributed by atoms with van der Waals surface area (Å²) in [4.78, 5) is 15.9. The molecule has 0 atom stereocenters. The van der Waals surface area contributed by atoms with Gasteiger partial charge in [-0.3, -0.25) is 9.88 Å². The summed E-state index contributed by atoms with van der Waals surface area (Å²) in [5.41, 5.74) is 4.72. The summed E-state index contributed by atoms with van der Waals surface area (Å²) >= 11 is 0. The fourth-order valence-electron chi connectivity index (χ4n) is 2.97. The van der Waals surface area contributed by atoms with Crippen LogP contribution in [0.1, 0.15) is 16.8 Å². The van der Waals surface area contributed by atoms with Gasteiger partial charge in [-0.1, -0.05) is 30.3 Å². The summed E-state index contributed by atoms with van der Waals surface area (Å²) < 4.78 is 0. The van der Waals surface area contributed by atoms with Crippen LogP contribution in [0.4, 0.5) is 0 Å². The van der Waals surface area contributed by atoms with Crippen LogP contribution in [0, 0.1) is 0 Å². The highest BCUT2D eigenvalue weighted by molar-refractivity contribution is 5.53. The van der Waals surface area contributed by atoms with E-state index < -0.39 is 0 Å². The normalized spacial score (nSPS) is 14.4. The van der Waals surface area contributed by atoms with Crippen LogP contribution in [-0.2, 0) is 19.5 Å². The van der Waals surface area contributed by atoms with Crippen molar-refractivity contribution in [3.05, 3.63) is 77.9 Å². The van der Waals surface area contributed by atoms with E-state index in [4.69, 9.17) is 4.98 Å². The van der Waals surface area contributed by atoms with Crippen molar-refractivity contribution in [2.75, 3.05) is 6.54 Å². The molecular weight excluding hydrogens is 284 g/mol. The molecule has 1 aliphatic rings. The predicted molar refractivity (Wildman–Crippen MR) is 89.5 cm³/mol. The molecule has 23 heavy (non-hydrogen) atoms. The van der Waals surface area contributed by atoms with Crippen molar-refractivity contribution >= 4 is 0 Å². The van der Waals surface area contributed by atoms with Crippen LogP contribution in [0.3, 0.4) is 0 Å². The number of pyridine rings is 1. The fraction of sp³-hybridized carbons (Fsp3) is 0.211. The Hall–Kier alpha value is -2.59. The molecule has 0 saturated carbocycles. The van der Waals surface area contributed by atoms with E-state index in [2.05, 4.69) is 45.2 Å². The molecule has 1 aromatic carbocycles. The molecule has 0 fully saturated rings. The molecule has 4 nitrogen and oxygen atoms in total. The predicted octanol–water partition coefficient (Wildman–Crippen LogP) is 3.10. The maximum absolute atomic E-state index is 4.78. The SMILES string of the molecule is c1ccc(CN2CCc3cnc(-c4cccnc4)nc3C2)cc1. The summed E-state index contributed by atoms with van der Waals surface area (Å²) in [5, 5.41) is 0. The van der Waals surface area contributed by atoms with Crippen molar-refractivity contribution in [1.82, 2.24) is 19.9 Å². The molecule has 0 saturated heterocycles. The zero-order chi connectivity index (χ0) is 15.5. The molecule has 4 rings (SSSR count). The molecule has 3 aromatic rings. The summed E-state index contributed by atoms with van der Waals surface area (Å²) in [6.07, 6.45) is 6.57. The number of benzene rings is 1. The quantitative estimate of drug-likeness (QED) is 0.745. The zero-order valence-corrected chi connectivity index (χ0v) is 12.9. The summed E-state index contributed by atoms with van der Waals surface area (Å²) in [7, 11) is 0. The summed E-state index contributed by atoms with van der Waals surface area (Å²) in [6, 6.07) is 14.5. The Labute approximate surface area is 135 Å². The molecule has 2 aromatic heterocycles. The first-order valence-corrected chi connectivity index (χ1v) is 7.90. The lowest BCUT2D eigenvalue weighted by molar-refractivity contribution is 0.241. The molecule has 114 valence electrons. The van der Waals surface area contributed by atoms with Gasteiger partial charge in [-0.15, -0.1) is 0 Å². The van der Waals surface area contributed by atoms with Gasteiger partial charge in [0.15, 0.2) is 5.82 Å². The highest BCUT2D eigenvalue weighted by Gasteiger charge is 2.19. The summed E-state index contributed by atoms with van der Waals surface area (Å²) in [5.74, 6) is 0.762. The second kappa shape index (κ2) is 6.26. The average Bonchev–Trinajstić information content (AvgIpc) is 2.63. The highest BCUT2D eigenvalue weighted by Crippen LogP contribution is 2.21. The third-order valence-electron chi connectivity index (χ3n) is 4.19. The van der Waals surface area contributed by atoms with Crippen LogP contribution in [0.2, 0.25) is 0 Å². The lowest BCUT2D eigenvalue weighted by atomic mass is 10.1. The minimum atomic E-state index is 0.762. The minimum Gasteiger partial charge on any atom is -0.293 e. The van der Waals surface area contributed by atoms with E-state index in [9.17, 15) is 0 Å². The third-order valence-corrected chi connectivity index (χ3v) is 4.19. The molecule has 0 N–H and O–H groups in total. The maximum atomic E-state index is 4.78. The van der Waals surface area contributed by atoms with Crippen LogP contribution in [0.25, 0.3) is 11.4 Å². The lowest BCUT2D eigenvalue weighted by Gasteiger charge is -2.28. The van der Waals surface area contributed by atoms with Gasteiger partial charge in [-0.25, -0.2) is 9.97 Å². The first-order chi connectivity index (χ1) is 11.4. The molecular formula is C19H18N4. The van der Waals surface area contributed by atoms with E-state index in [0.717, 1.165) is 43.1 Å². The van der Waals surface area contributed by atoms with Gasteiger partial charge in [0, 0.05) is 43.8 Å². The van der Waals surface area contributed by atoms with Crippen LogP contribution in [-0.4, -0.2) is 26.4 Å². The van der Waals surface area contributed by atoms with E-state index in [1.165, 1.54) is 11.1 Å². The van der Waals surface area contributed by atoms with Crippen LogP contribution in [0.15, 0.2) is 61.1 Å². The van der Waals surface area contributed by atoms with E-state index in [0.29, 0.717) is 0 Å². The van der Waals surface area contributed by atoms with E-state index in [1.54, 1.807) is 6.20 Å². The van der Waals surface area contributed by atoms with Gasteiger partial charge in [0.05, 0.1) is 5.69 Å². The van der Waals surface area contributed by atoms with Crippen molar-refractivity contribution in [2.45, 2.75) is 19.5 Å². The van der Waals surface area contributed by atoms with E-state index >= 15 is 0 Å². The Morgan fingerprint density at radius 2 is 1.91 bits per heavy atom. The number of hydrogen-bond donors (Lipinski definition) is 0. The van der Waals surface area contributed by atoms with Gasteiger partial charge in [0.2, 0.25) is 0 Å². The molecule has 0 radical (unpaired) electrons. The smallest absolute Gasteiger partial charge is 0.160 e. The molecule has 0 amide bonds. The Morgan fingerprint density at radius 3 is 2.74 bits per heavy atom. The molecule has 4 heteroatoms. The first kappa shape index (κ1) is 14.0. The van der Waals surface area contributed by atoms with Gasteiger partial charge >= 0.3 is 0 Å². The standard InChI is InChI=1S/C19H18N4/c1-2-5-15(6-3-1)13-23-10-8-16-12-21-19(22-18(16)14-23)17-7-4-9-20-11-17/h1-7,9,11-12H,8,10,13-14H2. The third kappa shape index (κ3) is 3.12. The Bertz CT molecular complexity index is 787. The van der Waals surface area contributed by atoms with Crippen molar-refractivity contribution < 1.29 is 0 Å². The molecule has 1 aliphatic heterocycles. The second-order valence-corrected chi connectivity index (χ2v) is 5.85. The molecule has 0 aliphatic carbocycles. The van der Waals surface area contributed by atoms with Crippen molar-refractivity contribution in [2.24, 2.45) is 0 Å². The number of fused-ring (bicyclic) bond motifs is 1. The van der Waals surface area contributed by atoms with Gasteiger partial charge in [-0.05, 0) is 29.7 Å². The summed E-state index contributed by atoms with van der Waals surface area (Å²) in [6.45, 7) is 2.89. The molecule has 0 bridgehead atoms. The van der Waals surface area contributed by atoms with Crippen LogP contribution >= 0.6 is 0 Å². The number of nitrogens with zero attached hydrogens (tertiary/aromatic N) is 4. The fourth-order valence-corrected chi connectivity index (χ4v) is 2.97. The zero-order valence-electron chi connectivity index (χ0n) is 12.9. The second-order valence-electron chi connectivity index (χ2n) is 5.85. The Kier molecular flexibility index (Phi) is 3.82. The van der Waals surface area contributed by atoms with Crippen molar-refractivity contribution in [3.63, 3.8) is 0 Å². The average molecular weight is 302 g/mol. The van der Waals surface area contributed by atoms with Crippen molar-refractivity contribution in [3.8, 4) is 11.4 Å². The number of rotatable bonds is 3. The minimum absolute atomic E-state index is 0.762. The van der Waals surface area contributed by atoms with Crippen LogP contribution in [0.5, 0.6) is 0 Å². The number of aromatic nitrogens is 3. The number of hydrogen-bond acceptors (Lipinski definition) is 4. The lowest BCUT2D eigenvalue weighted by Crippen LogP contribution is -2.31. The van der Waals surface area contributed by atoms with Gasteiger partial charge in [0.25, 0.3) is 0 Å².